The summed E-state index contributed by atoms with van der Waals surface area (Å²) < 4.78 is 43.7. The summed E-state index contributed by atoms with van der Waals surface area (Å²) >= 11 is 0. The van der Waals surface area contributed by atoms with Crippen molar-refractivity contribution < 1.29 is 42.3 Å². The molecule has 2 aliphatic heterocycles. The Morgan fingerprint density at radius 2 is 1.84 bits per heavy atom. The number of hydrogen-bond donors (Lipinski definition) is 4. The summed E-state index contributed by atoms with van der Waals surface area (Å²) in [5, 5.41) is 16.6. The number of aliphatic hydroxyl groups is 1. The molecule has 0 aliphatic carbocycles. The number of morpholine rings is 1. The second-order valence-electron chi connectivity index (χ2n) is 11.6. The number of nitrogens with one attached hydrogen (secondary N) is 3. The number of benzene rings is 2. The molecule has 1 aromatic heterocycles. The van der Waals surface area contributed by atoms with Gasteiger partial charge in [-0.3, -0.25) is 9.59 Å². The fourth-order valence-corrected chi connectivity index (χ4v) is 5.01. The molecular weight excluding hydrogens is 667 g/mol. The molecule has 51 heavy (non-hydrogen) atoms. The maximum atomic E-state index is 12.3. The van der Waals surface area contributed by atoms with E-state index in [9.17, 15) is 22.8 Å². The number of halogens is 3. The average molecular weight is 713 g/mol. The van der Waals surface area contributed by atoms with Crippen LogP contribution in [0.3, 0.4) is 0 Å². The minimum atomic E-state index is -4.64. The van der Waals surface area contributed by atoms with Gasteiger partial charge in [0.25, 0.3) is 5.91 Å². The van der Waals surface area contributed by atoms with E-state index >= 15 is 0 Å². The standard InChI is InChI=1S/C17H16N4O3.C16H25N3O.C3H3F3O/c1-2-16(22)20-13-4-3-5-14(10-13)24-17-15(11-18-12-19-17)21-6-8-23-9-7-21;1-4-12-11-13(5-6-15(12)17-2)16(20)18-14-7-9-19(3)10-8-14;1-2(7)3(4,5)6/h2-5,10-11H,1,6-9H2;5-6,11,14,17H,4,7-10H2,1-3H3,(H,18,20);7H,1H2/p+1. The molecule has 2 aliphatic rings. The van der Waals surface area contributed by atoms with Crippen LogP contribution in [0.2, 0.25) is 0 Å². The quantitative estimate of drug-likeness (QED) is 0.178. The van der Waals surface area contributed by atoms with Gasteiger partial charge in [0.05, 0.1) is 18.2 Å². The number of nitrogens with zero attached hydrogens (tertiary/aromatic N) is 4. The lowest BCUT2D eigenvalue weighted by atomic mass is 10.0. The van der Waals surface area contributed by atoms with Gasteiger partial charge in [-0.05, 0) is 81.4 Å². The lowest BCUT2D eigenvalue weighted by Gasteiger charge is -2.29. The largest absolute Gasteiger partial charge is 0.505 e. The molecule has 4 N–H and O–H groups in total. The van der Waals surface area contributed by atoms with Crippen LogP contribution in [0.5, 0.6) is 11.6 Å². The number of allylic oxidation sites excluding steroid dienone is 1. The lowest BCUT2D eigenvalue weighted by molar-refractivity contribution is -0.296. The minimum Gasteiger partial charge on any atom is -0.505 e. The SMILES string of the molecule is C=C(O)C(F)(F)F.C=CC(=O)Nc1cccc(Oc2nc#[n+]cc2N2CCOCC2)c1.CCc1cc(C(=O)NC2CCN(C)CC2)ccc1NC. The Bertz CT molecular complexity index is 1610. The number of aryl methyl sites for hydroxylation is 1. The van der Waals surface area contributed by atoms with Crippen LogP contribution >= 0.6 is 0 Å². The summed E-state index contributed by atoms with van der Waals surface area (Å²) in [6.07, 6.45) is 3.80. The summed E-state index contributed by atoms with van der Waals surface area (Å²) in [6.45, 7) is 12.7. The van der Waals surface area contributed by atoms with Crippen molar-refractivity contribution in [1.29, 1.82) is 0 Å². The van der Waals surface area contributed by atoms with Gasteiger partial charge >= 0.3 is 18.4 Å². The molecule has 0 atom stereocenters. The van der Waals surface area contributed by atoms with Crippen molar-refractivity contribution >= 4 is 28.9 Å². The third kappa shape index (κ3) is 13.1. The highest BCUT2D eigenvalue weighted by atomic mass is 19.4. The number of likely N-dealkylation sites (tertiary alicyclic amines) is 1. The zero-order chi connectivity index (χ0) is 37.4. The van der Waals surface area contributed by atoms with Crippen LogP contribution in [0.1, 0.15) is 35.7 Å². The Morgan fingerprint density at radius 3 is 2.45 bits per heavy atom. The van der Waals surface area contributed by atoms with Gasteiger partial charge in [-0.25, -0.2) is 0 Å². The van der Waals surface area contributed by atoms with E-state index in [2.05, 4.69) is 69.2 Å². The van der Waals surface area contributed by atoms with Crippen molar-refractivity contribution in [3.05, 3.63) is 91.1 Å². The van der Waals surface area contributed by atoms with Gasteiger partial charge in [-0.2, -0.15) is 18.2 Å². The molecule has 3 heterocycles. The highest BCUT2D eigenvalue weighted by Gasteiger charge is 2.31. The fourth-order valence-electron chi connectivity index (χ4n) is 5.01. The molecule has 2 aromatic carbocycles. The van der Waals surface area contributed by atoms with Crippen LogP contribution in [0.25, 0.3) is 0 Å². The first-order valence-corrected chi connectivity index (χ1v) is 16.4. The fraction of sp³-hybridized carbons (Fsp3) is 0.389. The molecule has 0 unspecified atom stereocenters. The van der Waals surface area contributed by atoms with E-state index in [1.807, 2.05) is 25.2 Å². The smallest absolute Gasteiger partial charge is 0.448 e. The van der Waals surface area contributed by atoms with E-state index in [0.29, 0.717) is 36.6 Å². The normalized spacial score (nSPS) is 14.7. The third-order valence-corrected chi connectivity index (χ3v) is 7.87. The number of amides is 2. The summed E-state index contributed by atoms with van der Waals surface area (Å²) in [6, 6.07) is 13.2. The number of carbonyl (C=O) groups is 2. The molecule has 0 bridgehead atoms. The van der Waals surface area contributed by atoms with E-state index in [1.54, 1.807) is 30.5 Å². The summed E-state index contributed by atoms with van der Waals surface area (Å²) in [7, 11) is 4.04. The lowest BCUT2D eigenvalue weighted by Crippen LogP contribution is -2.43. The maximum Gasteiger partial charge on any atom is 0.448 e. The third-order valence-electron chi connectivity index (χ3n) is 7.87. The summed E-state index contributed by atoms with van der Waals surface area (Å²) in [4.78, 5) is 36.2. The molecule has 2 fully saturated rings. The Labute approximate surface area is 296 Å². The van der Waals surface area contributed by atoms with Crippen LogP contribution in [-0.2, 0) is 16.0 Å². The average Bonchev–Trinajstić information content (AvgIpc) is 3.13. The van der Waals surface area contributed by atoms with Gasteiger partial charge in [0.2, 0.25) is 12.1 Å². The second kappa shape index (κ2) is 19.8. The number of rotatable bonds is 9. The Kier molecular flexibility index (Phi) is 15.5. The van der Waals surface area contributed by atoms with Crippen molar-refractivity contribution in [2.24, 2.45) is 0 Å². The highest BCUT2D eigenvalue weighted by Crippen LogP contribution is 2.30. The first-order valence-electron chi connectivity index (χ1n) is 16.4. The predicted molar refractivity (Wildman–Crippen MR) is 188 cm³/mol. The number of carbonyl (C=O) groups excluding carboxylic acids is 2. The molecule has 12 nitrogen and oxygen atoms in total. The zero-order valence-corrected chi connectivity index (χ0v) is 29.1. The van der Waals surface area contributed by atoms with Crippen molar-refractivity contribution in [1.82, 2.24) is 15.2 Å². The number of piperidine rings is 1. The number of ether oxygens (including phenoxy) is 2. The van der Waals surface area contributed by atoms with Crippen molar-refractivity contribution in [3.63, 3.8) is 0 Å². The van der Waals surface area contributed by atoms with Gasteiger partial charge in [0.15, 0.2) is 11.4 Å². The molecule has 274 valence electrons. The molecule has 2 saturated heterocycles. The van der Waals surface area contributed by atoms with Gasteiger partial charge in [0.1, 0.15) is 5.75 Å². The second-order valence-corrected chi connectivity index (χ2v) is 11.6. The Morgan fingerprint density at radius 1 is 1.16 bits per heavy atom. The topological polar surface area (TPSA) is 142 Å². The summed E-state index contributed by atoms with van der Waals surface area (Å²) in [5.41, 5.74) is 4.45. The van der Waals surface area contributed by atoms with Gasteiger partial charge in [-0.15, -0.1) is 0 Å². The molecule has 15 heteroatoms. The first kappa shape index (κ1) is 40.1. The maximum absolute atomic E-state index is 12.3. The minimum absolute atomic E-state index is 0.0527. The van der Waals surface area contributed by atoms with Crippen LogP contribution in [0, 0.1) is 6.33 Å². The van der Waals surface area contributed by atoms with Crippen LogP contribution < -0.4 is 30.6 Å². The van der Waals surface area contributed by atoms with Crippen molar-refractivity contribution in [2.45, 2.75) is 38.4 Å². The summed E-state index contributed by atoms with van der Waals surface area (Å²) in [5.74, 6) is -1.02. The highest BCUT2D eigenvalue weighted by molar-refractivity contribution is 5.99. The molecular formula is C36H45F3N7O5+. The van der Waals surface area contributed by atoms with Gasteiger partial charge in [-0.1, -0.05) is 26.1 Å². The van der Waals surface area contributed by atoms with E-state index < -0.39 is 11.9 Å². The number of aromatic nitrogens is 2. The number of anilines is 3. The molecule has 3 aromatic rings. The number of aliphatic hydroxyl groups excluding tert-OH is 1. The van der Waals surface area contributed by atoms with Crippen molar-refractivity contribution in [3.8, 4) is 11.6 Å². The van der Waals surface area contributed by atoms with E-state index in [-0.39, 0.29) is 11.8 Å². The van der Waals surface area contributed by atoms with E-state index in [1.165, 1.54) is 11.6 Å². The van der Waals surface area contributed by atoms with E-state index in [0.717, 1.165) is 62.4 Å². The van der Waals surface area contributed by atoms with E-state index in [4.69, 9.17) is 14.6 Å². The first-order chi connectivity index (χ1) is 24.3. The monoisotopic (exact) mass is 712 g/mol. The van der Waals surface area contributed by atoms with Crippen LogP contribution in [0.4, 0.5) is 30.2 Å². The molecule has 0 saturated carbocycles. The zero-order valence-electron chi connectivity index (χ0n) is 29.1. The number of hydrogen-bond acceptors (Lipinski definition) is 9. The molecule has 2 amide bonds. The Balaban J connectivity index is 0.000000235. The number of alkyl halides is 3. The van der Waals surface area contributed by atoms with Gasteiger partial charge < -0.3 is 40.3 Å². The molecule has 5 rings (SSSR count). The Hall–Kier alpha value is -5.33. The van der Waals surface area contributed by atoms with Gasteiger partial charge in [0, 0.05) is 49.2 Å². The molecule has 0 radical (unpaired) electrons. The van der Waals surface area contributed by atoms with Crippen LogP contribution in [0.15, 0.2) is 73.7 Å². The van der Waals surface area contributed by atoms with Crippen LogP contribution in [-0.4, -0.2) is 92.5 Å². The molecule has 0 spiro atoms. The predicted octanol–water partition coefficient (Wildman–Crippen LogP) is 4.97. The van der Waals surface area contributed by atoms with Crippen molar-refractivity contribution in [2.75, 3.05) is 69.0 Å².